The Kier molecular flexibility index (Phi) is 5.24. The fourth-order valence-corrected chi connectivity index (χ4v) is 6.66. The number of nitrogens with zero attached hydrogens (tertiary/aromatic N) is 3. The predicted molar refractivity (Wildman–Crippen MR) is 120 cm³/mol. The molecule has 0 saturated carbocycles. The highest BCUT2D eigenvalue weighted by Gasteiger charge is 2.49. The lowest BCUT2D eigenvalue weighted by atomic mass is 9.73. The zero-order valence-corrected chi connectivity index (χ0v) is 19.0. The van der Waals surface area contributed by atoms with Crippen LogP contribution in [0.5, 0.6) is 0 Å². The number of benzene rings is 1. The van der Waals surface area contributed by atoms with E-state index in [-0.39, 0.29) is 23.5 Å². The van der Waals surface area contributed by atoms with Gasteiger partial charge in [0.2, 0.25) is 5.91 Å². The van der Waals surface area contributed by atoms with Gasteiger partial charge in [0.05, 0.1) is 6.10 Å². The molecular formula is C25H35N3O3. The number of hydrogen-bond acceptors (Lipinski definition) is 4. The van der Waals surface area contributed by atoms with Crippen LogP contribution in [0, 0.1) is 0 Å². The molecule has 2 atom stereocenters. The van der Waals surface area contributed by atoms with E-state index < -0.39 is 0 Å². The van der Waals surface area contributed by atoms with Gasteiger partial charge in [-0.3, -0.25) is 4.79 Å². The Balaban J connectivity index is 1.25. The third kappa shape index (κ3) is 3.53. The van der Waals surface area contributed by atoms with Crippen LogP contribution in [0.1, 0.15) is 64.9 Å². The molecule has 0 aliphatic carbocycles. The largest absolute Gasteiger partial charge is 0.447 e. The van der Waals surface area contributed by atoms with E-state index in [1.54, 1.807) is 6.92 Å². The van der Waals surface area contributed by atoms with Crippen molar-refractivity contribution in [2.75, 3.05) is 24.5 Å². The molecule has 3 fully saturated rings. The number of likely N-dealkylation sites (tertiary alicyclic amines) is 1. The Hall–Kier alpha value is -2.08. The fourth-order valence-electron chi connectivity index (χ4n) is 6.66. The molecule has 1 aromatic rings. The molecule has 0 aromatic heterocycles. The van der Waals surface area contributed by atoms with Gasteiger partial charge in [0, 0.05) is 42.7 Å². The summed E-state index contributed by atoms with van der Waals surface area (Å²) < 4.78 is 5.52. The quantitative estimate of drug-likeness (QED) is 0.721. The first-order valence-corrected chi connectivity index (χ1v) is 12.0. The van der Waals surface area contributed by atoms with E-state index in [0.717, 1.165) is 63.8 Å². The summed E-state index contributed by atoms with van der Waals surface area (Å²) in [6.07, 6.45) is 6.34. The summed E-state index contributed by atoms with van der Waals surface area (Å²) in [7, 11) is 0. The molecule has 2 unspecified atom stereocenters. The van der Waals surface area contributed by atoms with Crippen molar-refractivity contribution in [3.8, 4) is 0 Å². The molecule has 1 aromatic carbocycles. The first kappa shape index (κ1) is 20.8. The number of amides is 2. The van der Waals surface area contributed by atoms with Gasteiger partial charge in [0.15, 0.2) is 0 Å². The van der Waals surface area contributed by atoms with Gasteiger partial charge in [-0.2, -0.15) is 0 Å². The number of fused-ring (bicyclic) bond motifs is 4. The molecule has 3 saturated heterocycles. The Labute approximate surface area is 185 Å². The highest BCUT2D eigenvalue weighted by atomic mass is 16.6. The summed E-state index contributed by atoms with van der Waals surface area (Å²) in [5.74, 6) is 0.143. The van der Waals surface area contributed by atoms with E-state index in [9.17, 15) is 9.59 Å². The monoisotopic (exact) mass is 425 g/mol. The van der Waals surface area contributed by atoms with Crippen LogP contribution >= 0.6 is 0 Å². The highest BCUT2D eigenvalue weighted by molar-refractivity contribution is 5.94. The Bertz CT molecular complexity index is 847. The van der Waals surface area contributed by atoms with Crippen LogP contribution in [0.3, 0.4) is 0 Å². The first-order valence-electron chi connectivity index (χ1n) is 12.0. The van der Waals surface area contributed by atoms with Gasteiger partial charge in [-0.25, -0.2) is 4.79 Å². The fraction of sp³-hybridized carbons (Fsp3) is 0.680. The maximum atomic E-state index is 12.6. The minimum atomic E-state index is -0.120. The molecule has 2 amide bonds. The maximum Gasteiger partial charge on any atom is 0.410 e. The molecule has 4 aliphatic rings. The Morgan fingerprint density at radius 3 is 2.29 bits per heavy atom. The Morgan fingerprint density at radius 2 is 1.68 bits per heavy atom. The van der Waals surface area contributed by atoms with Crippen LogP contribution in [-0.4, -0.2) is 65.7 Å². The number of ether oxygens (including phenoxy) is 1. The maximum absolute atomic E-state index is 12.6. The van der Waals surface area contributed by atoms with Gasteiger partial charge in [0.25, 0.3) is 0 Å². The third-order valence-corrected chi connectivity index (χ3v) is 8.13. The van der Waals surface area contributed by atoms with Crippen molar-refractivity contribution in [2.45, 2.75) is 88.9 Å². The van der Waals surface area contributed by atoms with Gasteiger partial charge >= 0.3 is 6.09 Å². The summed E-state index contributed by atoms with van der Waals surface area (Å²) in [5, 5.41) is 0. The van der Waals surface area contributed by atoms with Crippen LogP contribution in [0.15, 0.2) is 24.3 Å². The SMILES string of the molecule is CC(=O)N1CC2(CCN(C3CC4CCC(C3)N4C(=O)OC(C)C)CC2)c2ccccc21. The van der Waals surface area contributed by atoms with Gasteiger partial charge < -0.3 is 19.4 Å². The van der Waals surface area contributed by atoms with Crippen LogP contribution in [0.25, 0.3) is 0 Å². The number of carbonyl (C=O) groups is 2. The molecule has 6 nitrogen and oxygen atoms in total. The zero-order chi connectivity index (χ0) is 21.8. The number of para-hydroxylation sites is 1. The molecule has 4 heterocycles. The minimum Gasteiger partial charge on any atom is -0.447 e. The normalized spacial score (nSPS) is 29.5. The topological polar surface area (TPSA) is 53.1 Å². The van der Waals surface area contributed by atoms with E-state index in [0.29, 0.717) is 18.1 Å². The van der Waals surface area contributed by atoms with E-state index in [1.165, 1.54) is 5.56 Å². The van der Waals surface area contributed by atoms with E-state index in [1.807, 2.05) is 29.7 Å². The average molecular weight is 426 g/mol. The van der Waals surface area contributed by atoms with E-state index >= 15 is 0 Å². The molecule has 0 N–H and O–H groups in total. The number of hydrogen-bond donors (Lipinski definition) is 0. The lowest BCUT2D eigenvalue weighted by Crippen LogP contribution is -2.55. The molecule has 4 aliphatic heterocycles. The van der Waals surface area contributed by atoms with Crippen LogP contribution in [0.2, 0.25) is 0 Å². The van der Waals surface area contributed by atoms with Crippen molar-refractivity contribution in [1.29, 1.82) is 0 Å². The van der Waals surface area contributed by atoms with Gasteiger partial charge in [-0.05, 0) is 77.1 Å². The molecule has 31 heavy (non-hydrogen) atoms. The summed E-state index contributed by atoms with van der Waals surface area (Å²) >= 11 is 0. The summed E-state index contributed by atoms with van der Waals surface area (Å²) in [5.41, 5.74) is 2.56. The van der Waals surface area contributed by atoms with Crippen molar-refractivity contribution >= 4 is 17.7 Å². The summed E-state index contributed by atoms with van der Waals surface area (Å²) in [6, 6.07) is 9.68. The smallest absolute Gasteiger partial charge is 0.410 e. The summed E-state index contributed by atoms with van der Waals surface area (Å²) in [6.45, 7) is 8.48. The molecule has 0 radical (unpaired) electrons. The second kappa shape index (κ2) is 7.80. The number of carbonyl (C=O) groups excluding carboxylic acids is 2. The molecule has 2 bridgehead atoms. The zero-order valence-electron chi connectivity index (χ0n) is 19.0. The molecule has 1 spiro atoms. The Morgan fingerprint density at radius 1 is 1.03 bits per heavy atom. The predicted octanol–water partition coefficient (Wildman–Crippen LogP) is 3.93. The average Bonchev–Trinajstić information content (AvgIpc) is 3.20. The van der Waals surface area contributed by atoms with Crippen molar-refractivity contribution in [3.05, 3.63) is 29.8 Å². The first-order chi connectivity index (χ1) is 14.9. The van der Waals surface area contributed by atoms with Crippen LogP contribution in [0.4, 0.5) is 10.5 Å². The lowest BCUT2D eigenvalue weighted by Gasteiger charge is -2.47. The number of rotatable bonds is 2. The summed E-state index contributed by atoms with van der Waals surface area (Å²) in [4.78, 5) is 31.5. The molecular weight excluding hydrogens is 390 g/mol. The third-order valence-electron chi connectivity index (χ3n) is 8.13. The van der Waals surface area contributed by atoms with E-state index in [4.69, 9.17) is 4.74 Å². The molecule has 6 heteroatoms. The highest BCUT2D eigenvalue weighted by Crippen LogP contribution is 2.48. The van der Waals surface area contributed by atoms with Gasteiger partial charge in [0.1, 0.15) is 0 Å². The number of piperidine rings is 2. The van der Waals surface area contributed by atoms with Crippen LogP contribution < -0.4 is 4.90 Å². The van der Waals surface area contributed by atoms with Crippen LogP contribution in [-0.2, 0) is 14.9 Å². The second-order valence-corrected chi connectivity index (χ2v) is 10.3. The van der Waals surface area contributed by atoms with Crippen molar-refractivity contribution in [2.24, 2.45) is 0 Å². The lowest BCUT2D eigenvalue weighted by molar-refractivity contribution is -0.116. The molecule has 168 valence electrons. The van der Waals surface area contributed by atoms with Crippen molar-refractivity contribution < 1.29 is 14.3 Å². The van der Waals surface area contributed by atoms with Gasteiger partial charge in [-0.1, -0.05) is 18.2 Å². The number of anilines is 1. The van der Waals surface area contributed by atoms with Gasteiger partial charge in [-0.15, -0.1) is 0 Å². The minimum absolute atomic E-state index is 0.0632. The standard InChI is InChI=1S/C25H35N3O3/c1-17(2)31-24(30)28-19-8-9-20(28)15-21(14-19)26-12-10-25(11-13-26)16-27(18(3)29)23-7-5-4-6-22(23)25/h4-7,17,19-21H,8-16H2,1-3H3. The van der Waals surface area contributed by atoms with E-state index in [2.05, 4.69) is 23.1 Å². The van der Waals surface area contributed by atoms with Crippen molar-refractivity contribution in [1.82, 2.24) is 9.80 Å². The van der Waals surface area contributed by atoms with Crippen molar-refractivity contribution in [3.63, 3.8) is 0 Å². The second-order valence-electron chi connectivity index (χ2n) is 10.3. The molecule has 5 rings (SSSR count).